The van der Waals surface area contributed by atoms with Gasteiger partial charge in [0.05, 0.1) is 18.3 Å². The van der Waals surface area contributed by atoms with Crippen molar-refractivity contribution < 1.29 is 23.6 Å². The topological polar surface area (TPSA) is 99.6 Å². The number of ether oxygens (including phenoxy) is 1. The molecule has 1 aromatic rings. The van der Waals surface area contributed by atoms with Crippen molar-refractivity contribution in [2.45, 2.75) is 45.8 Å². The molecule has 1 aliphatic heterocycles. The molecule has 0 aliphatic carbocycles. The molecule has 2 heterocycles. The molecule has 140 valence electrons. The summed E-state index contributed by atoms with van der Waals surface area (Å²) in [6.07, 6.45) is 4.77. The fourth-order valence-corrected chi connectivity index (χ4v) is 2.25. The first-order valence-electron chi connectivity index (χ1n) is 8.26. The zero-order valence-corrected chi connectivity index (χ0v) is 16.0. The Morgan fingerprint density at radius 2 is 1.73 bits per heavy atom. The van der Waals surface area contributed by atoms with Crippen molar-refractivity contribution >= 4 is 25.1 Å². The lowest BCUT2D eigenvalue weighted by molar-refractivity contribution is -0.118. The van der Waals surface area contributed by atoms with E-state index < -0.39 is 24.3 Å². The fraction of sp³-hybridized carbons (Fsp3) is 0.529. The highest BCUT2D eigenvalue weighted by Crippen LogP contribution is 2.38. The number of nitrogens with one attached hydrogen (secondary N) is 1. The molecule has 1 N–H and O–H groups in total. The summed E-state index contributed by atoms with van der Waals surface area (Å²) in [6, 6.07) is 0. The maximum absolute atomic E-state index is 11.4. The number of aromatic nitrogens is 2. The van der Waals surface area contributed by atoms with Gasteiger partial charge in [-0.15, -0.1) is 0 Å². The van der Waals surface area contributed by atoms with Gasteiger partial charge in [0, 0.05) is 31.4 Å². The minimum atomic E-state index is -0.618. The zero-order chi connectivity index (χ0) is 19.5. The minimum Gasteiger partial charge on any atom is -0.463 e. The Morgan fingerprint density at radius 1 is 1.19 bits per heavy atom. The third kappa shape index (κ3) is 4.47. The molecule has 0 bridgehead atoms. The number of nitrogens with zero attached hydrogens (tertiary/aromatic N) is 2. The van der Waals surface area contributed by atoms with E-state index in [0.717, 1.165) is 0 Å². The van der Waals surface area contributed by atoms with Gasteiger partial charge in [0.25, 0.3) is 0 Å². The molecule has 0 unspecified atom stereocenters. The molecule has 9 heteroatoms. The van der Waals surface area contributed by atoms with Gasteiger partial charge >= 0.3 is 13.1 Å². The fourth-order valence-electron chi connectivity index (χ4n) is 2.25. The van der Waals surface area contributed by atoms with Gasteiger partial charge in [0.2, 0.25) is 11.7 Å². The Labute approximate surface area is 153 Å². The van der Waals surface area contributed by atoms with Gasteiger partial charge in [-0.05, 0) is 33.2 Å². The molecule has 0 atom stereocenters. The molecule has 2 rings (SSSR count). The minimum absolute atomic E-state index is 0.0244. The second kappa shape index (κ2) is 7.55. The van der Waals surface area contributed by atoms with Crippen molar-refractivity contribution in [3.8, 4) is 0 Å². The van der Waals surface area contributed by atoms with Gasteiger partial charge in [-0.25, -0.2) is 14.8 Å². The molecular weight excluding hydrogens is 337 g/mol. The van der Waals surface area contributed by atoms with E-state index in [1.54, 1.807) is 6.08 Å². The summed E-state index contributed by atoms with van der Waals surface area (Å²) in [5, 5.41) is 2.75. The van der Waals surface area contributed by atoms with E-state index in [4.69, 9.17) is 9.31 Å². The number of hydrogen-bond donors (Lipinski definition) is 1. The Balaban J connectivity index is 2.28. The highest BCUT2D eigenvalue weighted by atomic mass is 16.7. The van der Waals surface area contributed by atoms with Crippen molar-refractivity contribution in [3.05, 3.63) is 29.3 Å². The number of carbonyl (C=O) groups is 2. The van der Waals surface area contributed by atoms with Crippen LogP contribution in [0.4, 0.5) is 0 Å². The standard InChI is InChI=1S/C17H24BN3O5/c1-11(22)19-10-13(18-25-16(2,3)17(4,5)26-18)7-12-8-20-14(21-9-12)15(23)24-6/h7-9H,10H2,1-6H3,(H,19,22). The molecule has 1 amide bonds. The third-order valence-corrected chi connectivity index (χ3v) is 4.49. The van der Waals surface area contributed by atoms with Crippen LogP contribution in [0.1, 0.15) is 50.8 Å². The van der Waals surface area contributed by atoms with Crippen LogP contribution in [-0.4, -0.2) is 53.8 Å². The molecule has 26 heavy (non-hydrogen) atoms. The van der Waals surface area contributed by atoms with Crippen LogP contribution in [0.25, 0.3) is 6.08 Å². The van der Waals surface area contributed by atoms with E-state index in [1.165, 1.54) is 26.4 Å². The summed E-state index contributed by atoms with van der Waals surface area (Å²) >= 11 is 0. The van der Waals surface area contributed by atoms with Crippen LogP contribution in [0.2, 0.25) is 0 Å². The predicted molar refractivity (Wildman–Crippen MR) is 96.1 cm³/mol. The largest absolute Gasteiger partial charge is 0.492 e. The maximum Gasteiger partial charge on any atom is 0.492 e. The first kappa shape index (κ1) is 20.1. The van der Waals surface area contributed by atoms with E-state index in [-0.39, 0.29) is 18.3 Å². The lowest BCUT2D eigenvalue weighted by Gasteiger charge is -2.32. The van der Waals surface area contributed by atoms with Gasteiger partial charge in [0.15, 0.2) is 0 Å². The van der Waals surface area contributed by atoms with Crippen molar-refractivity contribution in [2.24, 2.45) is 0 Å². The van der Waals surface area contributed by atoms with Crippen LogP contribution < -0.4 is 5.32 Å². The van der Waals surface area contributed by atoms with Crippen molar-refractivity contribution in [1.82, 2.24) is 15.3 Å². The SMILES string of the molecule is COC(=O)c1ncc(C=C(CNC(C)=O)B2OC(C)(C)C(C)(C)O2)cn1. The Kier molecular flexibility index (Phi) is 5.82. The Morgan fingerprint density at radius 3 is 2.19 bits per heavy atom. The van der Waals surface area contributed by atoms with E-state index in [2.05, 4.69) is 20.0 Å². The van der Waals surface area contributed by atoms with Crippen LogP contribution in [0.5, 0.6) is 0 Å². The second-order valence-electron chi connectivity index (χ2n) is 7.05. The van der Waals surface area contributed by atoms with E-state index in [0.29, 0.717) is 11.0 Å². The molecule has 8 nitrogen and oxygen atoms in total. The molecule has 1 saturated heterocycles. The molecule has 1 fully saturated rings. The number of esters is 1. The number of carbonyl (C=O) groups excluding carboxylic acids is 2. The molecule has 1 aliphatic rings. The highest BCUT2D eigenvalue weighted by molar-refractivity contribution is 6.56. The van der Waals surface area contributed by atoms with Crippen LogP contribution >= 0.6 is 0 Å². The van der Waals surface area contributed by atoms with Gasteiger partial charge in [-0.3, -0.25) is 4.79 Å². The van der Waals surface area contributed by atoms with Gasteiger partial charge < -0.3 is 19.4 Å². The van der Waals surface area contributed by atoms with Gasteiger partial charge in [0.1, 0.15) is 0 Å². The van der Waals surface area contributed by atoms with Crippen LogP contribution in [0.15, 0.2) is 17.9 Å². The summed E-state index contributed by atoms with van der Waals surface area (Å²) < 4.78 is 16.7. The van der Waals surface area contributed by atoms with Crippen molar-refractivity contribution in [3.63, 3.8) is 0 Å². The molecule has 0 radical (unpaired) electrons. The summed E-state index contributed by atoms with van der Waals surface area (Å²) in [6.45, 7) is 9.52. The second-order valence-corrected chi connectivity index (χ2v) is 7.05. The lowest BCUT2D eigenvalue weighted by atomic mass is 9.77. The molecule has 0 spiro atoms. The molecule has 0 aromatic carbocycles. The van der Waals surface area contributed by atoms with Crippen molar-refractivity contribution in [2.75, 3.05) is 13.7 Å². The van der Waals surface area contributed by atoms with Crippen LogP contribution in [0.3, 0.4) is 0 Å². The first-order chi connectivity index (χ1) is 12.1. The first-order valence-corrected chi connectivity index (χ1v) is 8.26. The normalized spacial score (nSPS) is 18.5. The molecule has 1 aromatic heterocycles. The molecular formula is C17H24BN3O5. The highest BCUT2D eigenvalue weighted by Gasteiger charge is 2.52. The van der Waals surface area contributed by atoms with E-state index >= 15 is 0 Å². The summed E-state index contributed by atoms with van der Waals surface area (Å²) in [7, 11) is 0.649. The van der Waals surface area contributed by atoms with E-state index in [1.807, 2.05) is 27.7 Å². The van der Waals surface area contributed by atoms with Crippen LogP contribution in [-0.2, 0) is 18.8 Å². The number of amides is 1. The lowest BCUT2D eigenvalue weighted by Crippen LogP contribution is -2.41. The Bertz CT molecular complexity index is 700. The van der Waals surface area contributed by atoms with E-state index in [9.17, 15) is 9.59 Å². The zero-order valence-electron chi connectivity index (χ0n) is 16.0. The third-order valence-electron chi connectivity index (χ3n) is 4.49. The van der Waals surface area contributed by atoms with Crippen molar-refractivity contribution in [1.29, 1.82) is 0 Å². The summed E-state index contributed by atoms with van der Waals surface area (Å²) in [5.74, 6) is -0.793. The Hall–Kier alpha value is -2.26. The van der Waals surface area contributed by atoms with Crippen LogP contribution in [0, 0.1) is 0 Å². The van der Waals surface area contributed by atoms with Gasteiger partial charge in [-0.1, -0.05) is 6.08 Å². The average molecular weight is 361 g/mol. The number of methoxy groups -OCH3 is 1. The number of hydrogen-bond acceptors (Lipinski definition) is 7. The van der Waals surface area contributed by atoms with Gasteiger partial charge in [-0.2, -0.15) is 0 Å². The number of rotatable bonds is 5. The average Bonchev–Trinajstić information content (AvgIpc) is 2.78. The quantitative estimate of drug-likeness (QED) is 0.625. The smallest absolute Gasteiger partial charge is 0.463 e. The summed E-state index contributed by atoms with van der Waals surface area (Å²) in [5.41, 5.74) is 0.358. The molecule has 0 saturated carbocycles. The maximum atomic E-state index is 11.4. The monoisotopic (exact) mass is 361 g/mol. The predicted octanol–water partition coefficient (Wildman–Crippen LogP) is 1.41. The summed E-state index contributed by atoms with van der Waals surface area (Å²) in [4.78, 5) is 30.7.